The maximum atomic E-state index is 13.1. The molecule has 4 aromatic heterocycles. The summed E-state index contributed by atoms with van der Waals surface area (Å²) in [5, 5.41) is 5.31. The number of hydrogen-bond donors (Lipinski definition) is 0. The van der Waals surface area contributed by atoms with Gasteiger partial charge in [-0.25, -0.2) is 13.9 Å². The molecule has 0 aliphatic carbocycles. The molecule has 0 spiro atoms. The minimum Gasteiger partial charge on any atom is -0.451 e. The lowest BCUT2D eigenvalue weighted by Crippen LogP contribution is -2.21. The van der Waals surface area contributed by atoms with Gasteiger partial charge in [-0.15, -0.1) is 5.10 Å². The number of nitrogens with zero attached hydrogens (tertiary/aromatic N) is 5. The second-order valence-electron chi connectivity index (χ2n) is 7.69. The zero-order valence-electron chi connectivity index (χ0n) is 18.1. The lowest BCUT2D eigenvalue weighted by Gasteiger charge is -2.12. The number of ether oxygens (including phenoxy) is 1. The molecule has 0 atom stereocenters. The Balaban J connectivity index is 1.61. The second-order valence-corrected chi connectivity index (χ2v) is 8.56. The van der Waals surface area contributed by atoms with Gasteiger partial charge >= 0.3 is 11.9 Å². The van der Waals surface area contributed by atoms with Gasteiger partial charge in [0.05, 0.1) is 17.8 Å². The number of benzene rings is 1. The van der Waals surface area contributed by atoms with E-state index < -0.39 is 17.6 Å². The second kappa shape index (κ2) is 9.29. The van der Waals surface area contributed by atoms with Crippen molar-refractivity contribution in [2.45, 2.75) is 12.7 Å². The van der Waals surface area contributed by atoms with Crippen molar-refractivity contribution in [3.8, 4) is 22.6 Å². The highest BCUT2D eigenvalue weighted by atomic mass is 35.5. The van der Waals surface area contributed by atoms with Gasteiger partial charge in [0.25, 0.3) is 0 Å². The van der Waals surface area contributed by atoms with Gasteiger partial charge in [-0.05, 0) is 35.4 Å². The quantitative estimate of drug-likeness (QED) is 0.273. The van der Waals surface area contributed by atoms with E-state index in [4.69, 9.17) is 27.9 Å². The number of hydrogen-bond acceptors (Lipinski definition) is 5. The number of halogens is 5. The minimum absolute atomic E-state index is 0.0971. The molecule has 4 heterocycles. The van der Waals surface area contributed by atoms with E-state index in [1.54, 1.807) is 42.6 Å². The average molecular weight is 532 g/mol. The van der Waals surface area contributed by atoms with Gasteiger partial charge in [0.15, 0.2) is 5.75 Å². The van der Waals surface area contributed by atoms with Crippen LogP contribution >= 0.6 is 23.2 Å². The Kier molecular flexibility index (Phi) is 6.15. The van der Waals surface area contributed by atoms with Gasteiger partial charge in [-0.3, -0.25) is 9.97 Å². The molecule has 0 aliphatic rings. The van der Waals surface area contributed by atoms with E-state index in [1.165, 1.54) is 22.9 Å². The third kappa shape index (κ3) is 4.77. The Morgan fingerprint density at radius 2 is 1.72 bits per heavy atom. The SMILES string of the molecule is O=c1n(Cc2ccc(C(F)(F)F)nc2)nc2c(Oc3cncc(Cl)c3)c(-c3ccc(Cl)cc3)ccn12. The molecule has 12 heteroatoms. The highest BCUT2D eigenvalue weighted by molar-refractivity contribution is 6.30. The summed E-state index contributed by atoms with van der Waals surface area (Å²) in [6.45, 7) is -0.0971. The molecule has 0 saturated heterocycles. The summed E-state index contributed by atoms with van der Waals surface area (Å²) in [5.74, 6) is 0.574. The van der Waals surface area contributed by atoms with E-state index in [-0.39, 0.29) is 17.9 Å². The van der Waals surface area contributed by atoms with Crippen molar-refractivity contribution in [2.24, 2.45) is 0 Å². The van der Waals surface area contributed by atoms with E-state index in [2.05, 4.69) is 15.1 Å². The zero-order valence-corrected chi connectivity index (χ0v) is 19.6. The van der Waals surface area contributed by atoms with Crippen LogP contribution in [0, 0.1) is 0 Å². The van der Waals surface area contributed by atoms with Gasteiger partial charge in [0, 0.05) is 35.2 Å². The van der Waals surface area contributed by atoms with E-state index in [0.29, 0.717) is 26.9 Å². The molecule has 5 rings (SSSR count). The normalized spacial score (nSPS) is 11.7. The Morgan fingerprint density at radius 1 is 0.944 bits per heavy atom. The summed E-state index contributed by atoms with van der Waals surface area (Å²) in [7, 11) is 0. The number of aromatic nitrogens is 5. The fourth-order valence-corrected chi connectivity index (χ4v) is 3.83. The third-order valence-electron chi connectivity index (χ3n) is 5.21. The molecule has 0 bridgehead atoms. The van der Waals surface area contributed by atoms with Crippen molar-refractivity contribution in [2.75, 3.05) is 0 Å². The maximum Gasteiger partial charge on any atom is 0.433 e. The van der Waals surface area contributed by atoms with E-state index in [9.17, 15) is 18.0 Å². The number of pyridine rings is 3. The predicted molar refractivity (Wildman–Crippen MR) is 128 cm³/mol. The maximum absolute atomic E-state index is 13.1. The van der Waals surface area contributed by atoms with Crippen LogP contribution in [0.2, 0.25) is 10.0 Å². The van der Waals surface area contributed by atoms with Crippen molar-refractivity contribution >= 4 is 28.8 Å². The standard InChI is InChI=1S/C24H14Cl2F3N5O2/c25-16-4-2-15(3-5-16)19-7-8-33-22(21(19)36-18-9-17(26)11-30-12-18)32-34(23(33)35)13-14-1-6-20(31-10-14)24(27,28)29/h1-12H,13H2. The van der Waals surface area contributed by atoms with Crippen molar-refractivity contribution in [3.05, 3.63) is 105 Å². The van der Waals surface area contributed by atoms with Crippen molar-refractivity contribution in [1.29, 1.82) is 0 Å². The van der Waals surface area contributed by atoms with Crippen LogP contribution in [0.15, 0.2) is 78.1 Å². The van der Waals surface area contributed by atoms with Crippen molar-refractivity contribution in [3.63, 3.8) is 0 Å². The van der Waals surface area contributed by atoms with Crippen molar-refractivity contribution < 1.29 is 17.9 Å². The molecule has 0 N–H and O–H groups in total. The average Bonchev–Trinajstić information content (AvgIpc) is 3.15. The smallest absolute Gasteiger partial charge is 0.433 e. The molecule has 0 unspecified atom stereocenters. The fourth-order valence-electron chi connectivity index (χ4n) is 3.54. The van der Waals surface area contributed by atoms with E-state index in [0.717, 1.165) is 22.5 Å². The molecule has 1 aromatic carbocycles. The first-order valence-corrected chi connectivity index (χ1v) is 11.1. The molecule has 0 amide bonds. The Hall–Kier alpha value is -3.89. The lowest BCUT2D eigenvalue weighted by molar-refractivity contribution is -0.141. The van der Waals surface area contributed by atoms with Crippen LogP contribution in [-0.2, 0) is 12.7 Å². The summed E-state index contributed by atoms with van der Waals surface area (Å²) in [6.07, 6.45) is 0.959. The van der Waals surface area contributed by atoms with Crippen LogP contribution in [0.4, 0.5) is 13.2 Å². The molecule has 0 radical (unpaired) electrons. The van der Waals surface area contributed by atoms with E-state index >= 15 is 0 Å². The molecule has 7 nitrogen and oxygen atoms in total. The molecule has 36 heavy (non-hydrogen) atoms. The first-order chi connectivity index (χ1) is 17.2. The number of fused-ring (bicyclic) bond motifs is 1. The third-order valence-corrected chi connectivity index (χ3v) is 5.67. The van der Waals surface area contributed by atoms with Crippen LogP contribution in [0.3, 0.4) is 0 Å². The molecular weight excluding hydrogens is 518 g/mol. The molecule has 0 saturated carbocycles. The van der Waals surface area contributed by atoms with Crippen LogP contribution < -0.4 is 10.4 Å². The van der Waals surface area contributed by atoms with Crippen LogP contribution in [0.5, 0.6) is 11.5 Å². The molecule has 5 aromatic rings. The first-order valence-electron chi connectivity index (χ1n) is 10.4. The zero-order chi connectivity index (χ0) is 25.4. The topological polar surface area (TPSA) is 74.3 Å². The van der Waals surface area contributed by atoms with Gasteiger partial charge in [-0.1, -0.05) is 41.4 Å². The Bertz CT molecular complexity index is 1610. The summed E-state index contributed by atoms with van der Waals surface area (Å²) >= 11 is 12.1. The van der Waals surface area contributed by atoms with E-state index in [1.807, 2.05) is 0 Å². The minimum atomic E-state index is -4.56. The monoisotopic (exact) mass is 531 g/mol. The molecule has 0 aliphatic heterocycles. The molecule has 0 fully saturated rings. The number of rotatable bonds is 5. The fraction of sp³-hybridized carbons (Fsp3) is 0.0833. The highest BCUT2D eigenvalue weighted by Gasteiger charge is 2.32. The van der Waals surface area contributed by atoms with Gasteiger partial charge in [-0.2, -0.15) is 13.2 Å². The summed E-state index contributed by atoms with van der Waals surface area (Å²) in [4.78, 5) is 20.5. The van der Waals surface area contributed by atoms with Crippen LogP contribution in [-0.4, -0.2) is 24.1 Å². The Morgan fingerprint density at radius 3 is 2.39 bits per heavy atom. The van der Waals surface area contributed by atoms with Crippen LogP contribution in [0.1, 0.15) is 11.3 Å². The van der Waals surface area contributed by atoms with Gasteiger partial charge < -0.3 is 4.74 Å². The lowest BCUT2D eigenvalue weighted by atomic mass is 10.1. The highest BCUT2D eigenvalue weighted by Crippen LogP contribution is 2.36. The van der Waals surface area contributed by atoms with Crippen LogP contribution in [0.25, 0.3) is 16.8 Å². The largest absolute Gasteiger partial charge is 0.451 e. The first kappa shape index (κ1) is 23.8. The summed E-state index contributed by atoms with van der Waals surface area (Å²) < 4.78 is 47.0. The molecular formula is C24H14Cl2F3N5O2. The predicted octanol–water partition coefficient (Wildman–Crippen LogP) is 6.12. The van der Waals surface area contributed by atoms with Gasteiger partial charge in [0.1, 0.15) is 11.4 Å². The molecule has 182 valence electrons. The van der Waals surface area contributed by atoms with Crippen molar-refractivity contribution in [1.82, 2.24) is 24.1 Å². The number of alkyl halides is 3. The summed E-state index contributed by atoms with van der Waals surface area (Å²) in [6, 6.07) is 12.4. The Labute approximate surface area is 211 Å². The summed E-state index contributed by atoms with van der Waals surface area (Å²) in [5.41, 5.74) is 0.391. The van der Waals surface area contributed by atoms with Gasteiger partial charge in [0.2, 0.25) is 5.65 Å².